The summed E-state index contributed by atoms with van der Waals surface area (Å²) >= 11 is 0. The van der Waals surface area contributed by atoms with E-state index in [1.807, 2.05) is 6.08 Å². The molecule has 1 amide bonds. The standard InChI is InChI=1S/C61H117NO5/c1-3-5-7-9-11-13-15-16-17-29-32-35-39-43-47-51-55-61(66)67-56-52-48-44-40-36-33-30-27-25-23-21-19-18-20-22-24-26-28-31-34-38-42-46-50-54-60(65)62-58(57-63)59(64)53-49-45-41-37-14-12-10-8-6-4-2/h17,29,49,53,58-59,63-64H,3-16,18-28,30-48,50-52,54-57H2,1-2H3,(H,62,65)/b29-17-,53-49+. The van der Waals surface area contributed by atoms with Crippen molar-refractivity contribution in [3.8, 4) is 0 Å². The summed E-state index contributed by atoms with van der Waals surface area (Å²) in [5, 5.41) is 23.0. The molecule has 0 rings (SSSR count). The van der Waals surface area contributed by atoms with Gasteiger partial charge in [0, 0.05) is 12.8 Å². The van der Waals surface area contributed by atoms with E-state index in [9.17, 15) is 19.8 Å². The SMILES string of the molecule is CCCCCCCCC/C=C\CCCCCCCC(=O)OCCCCCCCCCCCCCCCCCCCCCCCCCCC(=O)NC(CO)C(O)/C=C/CCCCCCCCCC. The smallest absolute Gasteiger partial charge is 0.305 e. The van der Waals surface area contributed by atoms with Gasteiger partial charge in [-0.1, -0.05) is 282 Å². The summed E-state index contributed by atoms with van der Waals surface area (Å²) in [5.41, 5.74) is 0. The number of nitrogens with one attached hydrogen (secondary N) is 1. The summed E-state index contributed by atoms with van der Waals surface area (Å²) in [6.07, 6.45) is 69.4. The Hall–Kier alpha value is -1.66. The molecule has 0 aliphatic heterocycles. The number of amides is 1. The lowest BCUT2D eigenvalue weighted by Crippen LogP contribution is -2.45. The van der Waals surface area contributed by atoms with E-state index in [-0.39, 0.29) is 18.5 Å². The summed E-state index contributed by atoms with van der Waals surface area (Å²) in [7, 11) is 0. The highest BCUT2D eigenvalue weighted by Crippen LogP contribution is 2.17. The van der Waals surface area contributed by atoms with Gasteiger partial charge in [0.2, 0.25) is 5.91 Å². The van der Waals surface area contributed by atoms with Crippen molar-refractivity contribution < 1.29 is 24.5 Å². The van der Waals surface area contributed by atoms with Gasteiger partial charge in [-0.25, -0.2) is 0 Å². The number of hydrogen-bond acceptors (Lipinski definition) is 5. The number of carbonyl (C=O) groups is 2. The van der Waals surface area contributed by atoms with Crippen molar-refractivity contribution in [2.75, 3.05) is 13.2 Å². The first-order chi connectivity index (χ1) is 33.0. The highest BCUT2D eigenvalue weighted by molar-refractivity contribution is 5.76. The third-order valence-electron chi connectivity index (χ3n) is 14.0. The Labute approximate surface area is 418 Å². The Bertz CT molecular complexity index is 1040. The fourth-order valence-corrected chi connectivity index (χ4v) is 9.34. The molecule has 0 radical (unpaired) electrons. The van der Waals surface area contributed by atoms with Crippen molar-refractivity contribution in [2.45, 2.75) is 341 Å². The minimum absolute atomic E-state index is 0.00762. The number of hydrogen-bond donors (Lipinski definition) is 3. The Morgan fingerprint density at radius 3 is 1.06 bits per heavy atom. The molecule has 0 aromatic heterocycles. The second-order valence-electron chi connectivity index (χ2n) is 20.7. The van der Waals surface area contributed by atoms with Gasteiger partial charge in [-0.3, -0.25) is 9.59 Å². The average Bonchev–Trinajstić information content (AvgIpc) is 3.33. The molecule has 0 aromatic carbocycles. The maximum atomic E-state index is 12.4. The van der Waals surface area contributed by atoms with Gasteiger partial charge in [-0.05, 0) is 57.8 Å². The molecule has 3 N–H and O–H groups in total. The van der Waals surface area contributed by atoms with Gasteiger partial charge in [0.15, 0.2) is 0 Å². The number of unbranched alkanes of at least 4 members (excludes halogenated alkanes) is 43. The molecule has 0 aromatic rings. The molecule has 2 atom stereocenters. The Morgan fingerprint density at radius 2 is 0.701 bits per heavy atom. The lowest BCUT2D eigenvalue weighted by molar-refractivity contribution is -0.143. The molecular formula is C61H117NO5. The molecule has 0 saturated carbocycles. The first-order valence-corrected chi connectivity index (χ1v) is 30.1. The molecule has 6 nitrogen and oxygen atoms in total. The number of ether oxygens (including phenoxy) is 1. The predicted molar refractivity (Wildman–Crippen MR) is 292 cm³/mol. The Balaban J connectivity index is 3.35. The van der Waals surface area contributed by atoms with Crippen molar-refractivity contribution in [1.82, 2.24) is 5.32 Å². The van der Waals surface area contributed by atoms with Crippen LogP contribution in [0.2, 0.25) is 0 Å². The molecule has 0 bridgehead atoms. The van der Waals surface area contributed by atoms with E-state index in [0.717, 1.165) is 44.9 Å². The van der Waals surface area contributed by atoms with Crippen molar-refractivity contribution >= 4 is 11.9 Å². The first-order valence-electron chi connectivity index (χ1n) is 30.1. The quantitative estimate of drug-likeness (QED) is 0.0321. The molecular weight excluding hydrogens is 827 g/mol. The van der Waals surface area contributed by atoms with Crippen molar-refractivity contribution in [3.05, 3.63) is 24.3 Å². The van der Waals surface area contributed by atoms with Crippen LogP contribution in [-0.2, 0) is 14.3 Å². The van der Waals surface area contributed by atoms with E-state index in [1.54, 1.807) is 6.08 Å². The molecule has 396 valence electrons. The molecule has 67 heavy (non-hydrogen) atoms. The van der Waals surface area contributed by atoms with Crippen LogP contribution in [0.3, 0.4) is 0 Å². The summed E-state index contributed by atoms with van der Waals surface area (Å²) < 4.78 is 5.49. The zero-order chi connectivity index (χ0) is 48.6. The molecule has 0 heterocycles. The van der Waals surface area contributed by atoms with E-state index >= 15 is 0 Å². The van der Waals surface area contributed by atoms with Crippen molar-refractivity contribution in [3.63, 3.8) is 0 Å². The summed E-state index contributed by atoms with van der Waals surface area (Å²) in [6, 6.07) is -0.625. The topological polar surface area (TPSA) is 95.9 Å². The van der Waals surface area contributed by atoms with Crippen LogP contribution in [0.1, 0.15) is 328 Å². The van der Waals surface area contributed by atoms with Crippen LogP contribution in [0.4, 0.5) is 0 Å². The van der Waals surface area contributed by atoms with E-state index < -0.39 is 12.1 Å². The number of esters is 1. The van der Waals surface area contributed by atoms with Crippen LogP contribution >= 0.6 is 0 Å². The summed E-state index contributed by atoms with van der Waals surface area (Å²) in [4.78, 5) is 24.5. The minimum atomic E-state index is -0.841. The van der Waals surface area contributed by atoms with Crippen LogP contribution in [-0.4, -0.2) is 47.4 Å². The average molecular weight is 945 g/mol. The molecule has 0 aliphatic carbocycles. The number of aliphatic hydroxyl groups excluding tert-OH is 2. The molecule has 0 saturated heterocycles. The molecule has 0 aliphatic rings. The second-order valence-corrected chi connectivity index (χ2v) is 20.7. The lowest BCUT2D eigenvalue weighted by Gasteiger charge is -2.20. The van der Waals surface area contributed by atoms with E-state index in [2.05, 4.69) is 31.3 Å². The number of aliphatic hydroxyl groups is 2. The van der Waals surface area contributed by atoms with E-state index in [4.69, 9.17) is 4.74 Å². The van der Waals surface area contributed by atoms with Gasteiger partial charge in [-0.2, -0.15) is 0 Å². The van der Waals surface area contributed by atoms with Crippen molar-refractivity contribution in [1.29, 1.82) is 0 Å². The summed E-state index contributed by atoms with van der Waals surface area (Å²) in [6.45, 7) is 4.89. The van der Waals surface area contributed by atoms with Crippen LogP contribution in [0.5, 0.6) is 0 Å². The van der Waals surface area contributed by atoms with Gasteiger partial charge >= 0.3 is 5.97 Å². The van der Waals surface area contributed by atoms with E-state index in [1.165, 1.54) is 257 Å². The van der Waals surface area contributed by atoms with Gasteiger partial charge < -0.3 is 20.3 Å². The first kappa shape index (κ1) is 65.3. The number of carbonyl (C=O) groups excluding carboxylic acids is 2. The number of allylic oxidation sites excluding steroid dienone is 3. The molecule has 6 heteroatoms. The van der Waals surface area contributed by atoms with E-state index in [0.29, 0.717) is 19.4 Å². The van der Waals surface area contributed by atoms with Crippen LogP contribution in [0.15, 0.2) is 24.3 Å². The Morgan fingerprint density at radius 1 is 0.403 bits per heavy atom. The number of rotatable bonds is 56. The second kappa shape index (κ2) is 56.9. The third-order valence-corrected chi connectivity index (χ3v) is 14.0. The highest BCUT2D eigenvalue weighted by atomic mass is 16.5. The van der Waals surface area contributed by atoms with Gasteiger partial charge in [0.05, 0.1) is 25.4 Å². The zero-order valence-corrected chi connectivity index (χ0v) is 45.1. The van der Waals surface area contributed by atoms with Gasteiger partial charge in [0.25, 0.3) is 0 Å². The highest BCUT2D eigenvalue weighted by Gasteiger charge is 2.18. The normalized spacial score (nSPS) is 12.7. The van der Waals surface area contributed by atoms with Crippen LogP contribution < -0.4 is 5.32 Å². The van der Waals surface area contributed by atoms with Crippen LogP contribution in [0.25, 0.3) is 0 Å². The summed E-state index contributed by atoms with van der Waals surface area (Å²) in [5.74, 6) is -0.0604. The monoisotopic (exact) mass is 944 g/mol. The maximum Gasteiger partial charge on any atom is 0.305 e. The van der Waals surface area contributed by atoms with Crippen LogP contribution in [0, 0.1) is 0 Å². The molecule has 0 spiro atoms. The molecule has 0 fully saturated rings. The largest absolute Gasteiger partial charge is 0.466 e. The van der Waals surface area contributed by atoms with Gasteiger partial charge in [-0.15, -0.1) is 0 Å². The van der Waals surface area contributed by atoms with Gasteiger partial charge in [0.1, 0.15) is 0 Å². The Kier molecular flexibility index (Phi) is 55.5. The maximum absolute atomic E-state index is 12.4. The van der Waals surface area contributed by atoms with Crippen molar-refractivity contribution in [2.24, 2.45) is 0 Å². The lowest BCUT2D eigenvalue weighted by atomic mass is 10.0. The molecule has 2 unspecified atom stereocenters. The fraction of sp³-hybridized carbons (Fsp3) is 0.902. The fourth-order valence-electron chi connectivity index (χ4n) is 9.34. The minimum Gasteiger partial charge on any atom is -0.466 e. The predicted octanol–water partition coefficient (Wildman–Crippen LogP) is 18.6. The third kappa shape index (κ3) is 53.5. The zero-order valence-electron chi connectivity index (χ0n) is 45.1.